The van der Waals surface area contributed by atoms with Crippen molar-refractivity contribution in [2.24, 2.45) is 5.92 Å². The van der Waals surface area contributed by atoms with Crippen LogP contribution in [-0.4, -0.2) is 29.8 Å². The molecule has 0 saturated carbocycles. The Morgan fingerprint density at radius 3 is 2.61 bits per heavy atom. The summed E-state index contributed by atoms with van der Waals surface area (Å²) in [5.41, 5.74) is 1.80. The number of aromatic nitrogens is 1. The van der Waals surface area contributed by atoms with Crippen molar-refractivity contribution < 1.29 is 14.2 Å². The maximum atomic E-state index is 14.0. The molecule has 0 unspecified atom stereocenters. The Morgan fingerprint density at radius 2 is 1.96 bits per heavy atom. The van der Waals surface area contributed by atoms with Gasteiger partial charge in [0, 0.05) is 18.2 Å². The van der Waals surface area contributed by atoms with Crippen LogP contribution in [0.25, 0.3) is 11.3 Å². The van der Waals surface area contributed by atoms with Crippen molar-refractivity contribution >= 4 is 0 Å². The summed E-state index contributed by atoms with van der Waals surface area (Å²) in [7, 11) is 1.60. The largest absolute Gasteiger partial charge is 0.496 e. The molecular formula is C18H23FN2O2. The van der Waals surface area contributed by atoms with Gasteiger partial charge < -0.3 is 15.2 Å². The lowest BCUT2D eigenvalue weighted by atomic mass is 10.1. The highest BCUT2D eigenvalue weighted by Crippen LogP contribution is 2.28. The molecule has 2 aromatic rings. The summed E-state index contributed by atoms with van der Waals surface area (Å²) in [6, 6.07) is 10.5. The van der Waals surface area contributed by atoms with Crippen molar-refractivity contribution in [3.05, 3.63) is 47.9 Å². The van der Waals surface area contributed by atoms with Crippen molar-refractivity contribution in [3.63, 3.8) is 0 Å². The smallest absolute Gasteiger partial charge is 0.146 e. The average Bonchev–Trinajstić information content (AvgIpc) is 2.56. The van der Waals surface area contributed by atoms with Gasteiger partial charge in [0.2, 0.25) is 0 Å². The van der Waals surface area contributed by atoms with Gasteiger partial charge in [-0.1, -0.05) is 26.0 Å². The van der Waals surface area contributed by atoms with Crippen LogP contribution in [0.3, 0.4) is 0 Å². The summed E-state index contributed by atoms with van der Waals surface area (Å²) in [5.74, 6) is 0.581. The van der Waals surface area contributed by atoms with Gasteiger partial charge in [-0.05, 0) is 30.2 Å². The molecule has 124 valence electrons. The van der Waals surface area contributed by atoms with Crippen LogP contribution in [0.1, 0.15) is 19.5 Å². The van der Waals surface area contributed by atoms with Crippen LogP contribution in [-0.2, 0) is 6.54 Å². The number of halogens is 1. The van der Waals surface area contributed by atoms with E-state index in [0.717, 1.165) is 5.56 Å². The number of pyridine rings is 1. The number of nitrogens with zero attached hydrogens (tertiary/aromatic N) is 1. The summed E-state index contributed by atoms with van der Waals surface area (Å²) in [4.78, 5) is 4.42. The fraction of sp³-hybridized carbons (Fsp3) is 0.389. The lowest BCUT2D eigenvalue weighted by Crippen LogP contribution is -2.36. The second-order valence-electron chi connectivity index (χ2n) is 5.74. The van der Waals surface area contributed by atoms with Crippen molar-refractivity contribution in [3.8, 4) is 17.0 Å². The van der Waals surface area contributed by atoms with Crippen LogP contribution >= 0.6 is 0 Å². The van der Waals surface area contributed by atoms with Crippen molar-refractivity contribution in [1.82, 2.24) is 10.3 Å². The minimum atomic E-state index is -0.364. The van der Waals surface area contributed by atoms with E-state index < -0.39 is 0 Å². The average molecular weight is 318 g/mol. The number of aliphatic hydroxyl groups excluding tert-OH is 1. The number of hydrogen-bond acceptors (Lipinski definition) is 4. The molecule has 0 fully saturated rings. The predicted octanol–water partition coefficient (Wildman–Crippen LogP) is 3.00. The maximum absolute atomic E-state index is 14.0. The Labute approximate surface area is 136 Å². The summed E-state index contributed by atoms with van der Waals surface area (Å²) in [6.45, 7) is 4.27. The molecule has 1 aromatic heterocycles. The molecule has 0 saturated heterocycles. The number of ether oxygens (including phenoxy) is 1. The normalized spacial score (nSPS) is 12.4. The van der Waals surface area contributed by atoms with Gasteiger partial charge in [-0.2, -0.15) is 0 Å². The predicted molar refractivity (Wildman–Crippen MR) is 88.7 cm³/mol. The van der Waals surface area contributed by atoms with Crippen LogP contribution < -0.4 is 10.1 Å². The number of methoxy groups -OCH3 is 1. The molecule has 0 bridgehead atoms. The zero-order valence-electron chi connectivity index (χ0n) is 13.7. The van der Waals surface area contributed by atoms with E-state index in [1.165, 1.54) is 6.07 Å². The molecule has 1 aromatic carbocycles. The SMILES string of the molecule is COc1ccccc1-c1ccc(F)c(CN[C@@H](CO)C(C)C)n1. The van der Waals surface area contributed by atoms with Crippen LogP contribution in [0.4, 0.5) is 4.39 Å². The van der Waals surface area contributed by atoms with Crippen LogP contribution in [0, 0.1) is 11.7 Å². The summed E-state index contributed by atoms with van der Waals surface area (Å²) < 4.78 is 19.4. The first-order chi connectivity index (χ1) is 11.1. The Morgan fingerprint density at radius 1 is 1.22 bits per heavy atom. The number of hydrogen-bond donors (Lipinski definition) is 2. The highest BCUT2D eigenvalue weighted by atomic mass is 19.1. The minimum Gasteiger partial charge on any atom is -0.496 e. The molecule has 2 N–H and O–H groups in total. The topological polar surface area (TPSA) is 54.4 Å². The highest BCUT2D eigenvalue weighted by Gasteiger charge is 2.14. The second kappa shape index (κ2) is 8.04. The molecule has 0 aliphatic carbocycles. The molecule has 0 amide bonds. The van der Waals surface area contributed by atoms with E-state index >= 15 is 0 Å². The first-order valence-corrected chi connectivity index (χ1v) is 7.69. The molecule has 0 aliphatic rings. The summed E-state index contributed by atoms with van der Waals surface area (Å²) in [6.07, 6.45) is 0. The Kier molecular flexibility index (Phi) is 6.07. The quantitative estimate of drug-likeness (QED) is 0.824. The third-order valence-corrected chi connectivity index (χ3v) is 3.83. The Bertz CT molecular complexity index is 647. The highest BCUT2D eigenvalue weighted by molar-refractivity contribution is 5.67. The van der Waals surface area contributed by atoms with E-state index in [2.05, 4.69) is 10.3 Å². The zero-order valence-corrected chi connectivity index (χ0v) is 13.7. The van der Waals surface area contributed by atoms with E-state index in [4.69, 9.17) is 4.74 Å². The second-order valence-corrected chi connectivity index (χ2v) is 5.74. The lowest BCUT2D eigenvalue weighted by molar-refractivity contribution is 0.209. The summed E-state index contributed by atoms with van der Waals surface area (Å²) in [5, 5.41) is 12.5. The van der Waals surface area contributed by atoms with Gasteiger partial charge >= 0.3 is 0 Å². The van der Waals surface area contributed by atoms with Gasteiger partial charge in [0.1, 0.15) is 11.6 Å². The van der Waals surface area contributed by atoms with Crippen molar-refractivity contribution in [2.45, 2.75) is 26.4 Å². The monoisotopic (exact) mass is 318 g/mol. The molecule has 23 heavy (non-hydrogen) atoms. The van der Waals surface area contributed by atoms with Gasteiger partial charge in [0.15, 0.2) is 0 Å². The standard InChI is InChI=1S/C18H23FN2O2/c1-12(2)17(11-22)20-10-16-14(19)8-9-15(21-16)13-6-4-5-7-18(13)23-3/h4-9,12,17,20,22H,10-11H2,1-3H3/t17-/m0/s1. The fourth-order valence-electron chi connectivity index (χ4n) is 2.35. The van der Waals surface area contributed by atoms with E-state index in [-0.39, 0.29) is 30.9 Å². The molecule has 0 aliphatic heterocycles. The van der Waals surface area contributed by atoms with E-state index in [1.54, 1.807) is 13.2 Å². The zero-order chi connectivity index (χ0) is 16.8. The van der Waals surface area contributed by atoms with Crippen LogP contribution in [0.2, 0.25) is 0 Å². The van der Waals surface area contributed by atoms with Crippen LogP contribution in [0.5, 0.6) is 5.75 Å². The van der Waals surface area contributed by atoms with Gasteiger partial charge in [0.05, 0.1) is 25.1 Å². The Balaban J connectivity index is 2.25. The van der Waals surface area contributed by atoms with Gasteiger partial charge in [-0.3, -0.25) is 0 Å². The Hall–Kier alpha value is -1.98. The molecule has 0 spiro atoms. The third kappa shape index (κ3) is 4.27. The molecular weight excluding hydrogens is 295 g/mol. The lowest BCUT2D eigenvalue weighted by Gasteiger charge is -2.20. The minimum absolute atomic E-state index is 0.00544. The first kappa shape index (κ1) is 17.4. The number of benzene rings is 1. The maximum Gasteiger partial charge on any atom is 0.146 e. The number of rotatable bonds is 7. The number of nitrogens with one attached hydrogen (secondary N) is 1. The molecule has 1 atom stereocenters. The van der Waals surface area contributed by atoms with Crippen molar-refractivity contribution in [2.75, 3.05) is 13.7 Å². The van der Waals surface area contributed by atoms with E-state index in [1.807, 2.05) is 38.1 Å². The van der Waals surface area contributed by atoms with Gasteiger partial charge in [0.25, 0.3) is 0 Å². The molecule has 5 heteroatoms. The van der Waals surface area contributed by atoms with Gasteiger partial charge in [-0.15, -0.1) is 0 Å². The molecule has 4 nitrogen and oxygen atoms in total. The molecule has 0 radical (unpaired) electrons. The summed E-state index contributed by atoms with van der Waals surface area (Å²) >= 11 is 0. The molecule has 1 heterocycles. The van der Waals surface area contributed by atoms with E-state index in [9.17, 15) is 9.50 Å². The first-order valence-electron chi connectivity index (χ1n) is 7.69. The fourth-order valence-corrected chi connectivity index (χ4v) is 2.35. The molecule has 2 rings (SSSR count). The number of aliphatic hydroxyl groups is 1. The van der Waals surface area contributed by atoms with E-state index in [0.29, 0.717) is 17.1 Å². The van der Waals surface area contributed by atoms with Gasteiger partial charge in [-0.25, -0.2) is 9.37 Å². The van der Waals surface area contributed by atoms with Crippen molar-refractivity contribution in [1.29, 1.82) is 0 Å². The third-order valence-electron chi connectivity index (χ3n) is 3.83. The number of para-hydroxylation sites is 1. The van der Waals surface area contributed by atoms with Crippen LogP contribution in [0.15, 0.2) is 36.4 Å².